The number of piperidine rings is 1. The molecule has 1 aromatic heterocycles. The third-order valence-electron chi connectivity index (χ3n) is 4.43. The topological polar surface area (TPSA) is 54.5 Å². The highest BCUT2D eigenvalue weighted by atomic mass is 19.1. The minimum atomic E-state index is -0.343. The molecule has 0 spiro atoms. The van der Waals surface area contributed by atoms with E-state index in [-0.39, 0.29) is 11.9 Å². The summed E-state index contributed by atoms with van der Waals surface area (Å²) in [5, 5.41) is 3.12. The number of carbonyl (C=O) groups excluding carboxylic acids is 1. The number of likely N-dealkylation sites (tertiary alicyclic amines) is 1. The van der Waals surface area contributed by atoms with Gasteiger partial charge in [0.2, 0.25) is 0 Å². The quantitative estimate of drug-likeness (QED) is 0.900. The van der Waals surface area contributed by atoms with E-state index >= 15 is 0 Å². The van der Waals surface area contributed by atoms with Gasteiger partial charge >= 0.3 is 6.09 Å². The lowest BCUT2D eigenvalue weighted by molar-refractivity contribution is 0.0832. The van der Waals surface area contributed by atoms with Crippen LogP contribution in [-0.2, 0) is 11.3 Å². The fraction of sp³-hybridized carbons (Fsp3) is 0.368. The van der Waals surface area contributed by atoms with Gasteiger partial charge in [-0.25, -0.2) is 9.18 Å². The summed E-state index contributed by atoms with van der Waals surface area (Å²) in [6, 6.07) is 11.3. The molecule has 0 atom stereocenters. The van der Waals surface area contributed by atoms with Crippen LogP contribution in [0.15, 0.2) is 48.8 Å². The number of halogens is 1. The fourth-order valence-corrected chi connectivity index (χ4v) is 2.90. The van der Waals surface area contributed by atoms with Gasteiger partial charge in [-0.3, -0.25) is 4.98 Å². The van der Waals surface area contributed by atoms with E-state index in [4.69, 9.17) is 4.74 Å². The van der Waals surface area contributed by atoms with Gasteiger partial charge in [-0.1, -0.05) is 30.3 Å². The largest absolute Gasteiger partial charge is 0.445 e. The van der Waals surface area contributed by atoms with E-state index in [1.165, 1.54) is 6.20 Å². The molecule has 1 N–H and O–H groups in total. The van der Waals surface area contributed by atoms with Crippen LogP contribution in [0.1, 0.15) is 18.4 Å². The summed E-state index contributed by atoms with van der Waals surface area (Å²) >= 11 is 0. The summed E-state index contributed by atoms with van der Waals surface area (Å²) < 4.78 is 18.9. The molecule has 132 valence electrons. The molecule has 1 aliphatic heterocycles. The lowest BCUT2D eigenvalue weighted by atomic mass is 9.97. The summed E-state index contributed by atoms with van der Waals surface area (Å²) in [6.45, 7) is 2.31. The van der Waals surface area contributed by atoms with Gasteiger partial charge in [0, 0.05) is 25.8 Å². The number of amides is 1. The number of ether oxygens (including phenoxy) is 1. The van der Waals surface area contributed by atoms with Crippen LogP contribution in [0.2, 0.25) is 0 Å². The number of aromatic nitrogens is 1. The van der Waals surface area contributed by atoms with Crippen molar-refractivity contribution in [1.29, 1.82) is 0 Å². The highest BCUT2D eigenvalue weighted by Gasteiger charge is 2.23. The molecule has 0 bridgehead atoms. The van der Waals surface area contributed by atoms with Crippen molar-refractivity contribution in [2.75, 3.05) is 25.0 Å². The number of carbonyl (C=O) groups is 1. The third-order valence-corrected chi connectivity index (χ3v) is 4.43. The van der Waals surface area contributed by atoms with Crippen LogP contribution in [0, 0.1) is 11.7 Å². The van der Waals surface area contributed by atoms with Crippen molar-refractivity contribution in [1.82, 2.24) is 9.88 Å². The molecule has 3 rings (SSSR count). The molecule has 2 aromatic rings. The van der Waals surface area contributed by atoms with Crippen molar-refractivity contribution in [3.8, 4) is 0 Å². The number of benzene rings is 1. The average Bonchev–Trinajstić information content (AvgIpc) is 2.67. The van der Waals surface area contributed by atoms with E-state index in [0.29, 0.717) is 37.8 Å². The Morgan fingerprint density at radius 1 is 1.24 bits per heavy atom. The van der Waals surface area contributed by atoms with Gasteiger partial charge < -0.3 is 15.0 Å². The van der Waals surface area contributed by atoms with E-state index in [0.717, 1.165) is 18.4 Å². The summed E-state index contributed by atoms with van der Waals surface area (Å²) in [6.07, 6.45) is 4.25. The lowest BCUT2D eigenvalue weighted by Crippen LogP contribution is -2.40. The second-order valence-electron chi connectivity index (χ2n) is 6.21. The van der Waals surface area contributed by atoms with E-state index in [9.17, 15) is 9.18 Å². The molecule has 0 aliphatic carbocycles. The van der Waals surface area contributed by atoms with Crippen LogP contribution < -0.4 is 5.32 Å². The number of hydrogen-bond donors (Lipinski definition) is 1. The van der Waals surface area contributed by atoms with Crippen LogP contribution in [-0.4, -0.2) is 35.6 Å². The number of rotatable bonds is 5. The van der Waals surface area contributed by atoms with Crippen LogP contribution >= 0.6 is 0 Å². The summed E-state index contributed by atoms with van der Waals surface area (Å²) in [4.78, 5) is 17.6. The standard InChI is InChI=1S/C19H22FN3O2/c20-17-13-21-9-6-18(17)22-12-15-7-10-23(11-8-15)19(24)25-14-16-4-2-1-3-5-16/h1-6,9,13,15H,7-8,10-12,14H2,(H,21,22). The molecule has 2 heterocycles. The Morgan fingerprint density at radius 3 is 2.72 bits per heavy atom. The molecule has 0 radical (unpaired) electrons. The zero-order chi connectivity index (χ0) is 17.5. The van der Waals surface area contributed by atoms with Crippen molar-refractivity contribution < 1.29 is 13.9 Å². The van der Waals surface area contributed by atoms with Gasteiger partial charge in [0.25, 0.3) is 0 Å². The highest BCUT2D eigenvalue weighted by molar-refractivity contribution is 5.67. The molecular weight excluding hydrogens is 321 g/mol. The first-order chi connectivity index (χ1) is 12.2. The Labute approximate surface area is 146 Å². The van der Waals surface area contributed by atoms with Gasteiger partial charge in [0.1, 0.15) is 6.61 Å². The minimum Gasteiger partial charge on any atom is -0.445 e. The average molecular weight is 343 g/mol. The minimum absolute atomic E-state index is 0.268. The van der Waals surface area contributed by atoms with Crippen molar-refractivity contribution in [3.63, 3.8) is 0 Å². The van der Waals surface area contributed by atoms with Gasteiger partial charge in [-0.15, -0.1) is 0 Å². The maximum Gasteiger partial charge on any atom is 0.410 e. The zero-order valence-electron chi connectivity index (χ0n) is 14.0. The second kappa shape index (κ2) is 8.46. The number of anilines is 1. The SMILES string of the molecule is O=C(OCc1ccccc1)N1CCC(CNc2ccncc2F)CC1. The maximum absolute atomic E-state index is 13.5. The molecule has 1 saturated heterocycles. The monoisotopic (exact) mass is 343 g/mol. The predicted molar refractivity (Wildman–Crippen MR) is 93.6 cm³/mol. The number of pyridine rings is 1. The van der Waals surface area contributed by atoms with Gasteiger partial charge in [-0.2, -0.15) is 0 Å². The Balaban J connectivity index is 1.39. The molecular formula is C19H22FN3O2. The van der Waals surface area contributed by atoms with Gasteiger partial charge in [-0.05, 0) is 30.4 Å². The second-order valence-corrected chi connectivity index (χ2v) is 6.21. The fourth-order valence-electron chi connectivity index (χ4n) is 2.90. The Morgan fingerprint density at radius 2 is 2.00 bits per heavy atom. The van der Waals surface area contributed by atoms with E-state index < -0.39 is 0 Å². The maximum atomic E-state index is 13.5. The molecule has 1 amide bonds. The number of hydrogen-bond acceptors (Lipinski definition) is 4. The van der Waals surface area contributed by atoms with Crippen LogP contribution in [0.25, 0.3) is 0 Å². The highest BCUT2D eigenvalue weighted by Crippen LogP contribution is 2.20. The molecule has 0 saturated carbocycles. The molecule has 25 heavy (non-hydrogen) atoms. The van der Waals surface area contributed by atoms with E-state index in [2.05, 4.69) is 10.3 Å². The Kier molecular flexibility index (Phi) is 5.82. The molecule has 0 unspecified atom stereocenters. The smallest absolute Gasteiger partial charge is 0.410 e. The number of nitrogens with one attached hydrogen (secondary N) is 1. The first-order valence-electron chi connectivity index (χ1n) is 8.51. The summed E-state index contributed by atoms with van der Waals surface area (Å²) in [5.74, 6) is 0.0650. The first kappa shape index (κ1) is 17.2. The van der Waals surface area contributed by atoms with Crippen molar-refractivity contribution in [2.24, 2.45) is 5.92 Å². The van der Waals surface area contributed by atoms with Crippen LogP contribution in [0.4, 0.5) is 14.9 Å². The van der Waals surface area contributed by atoms with Crippen LogP contribution in [0.5, 0.6) is 0 Å². The molecule has 1 aliphatic rings. The zero-order valence-corrected chi connectivity index (χ0v) is 14.0. The Bertz CT molecular complexity index is 688. The molecule has 6 heteroatoms. The van der Waals surface area contributed by atoms with Crippen LogP contribution in [0.3, 0.4) is 0 Å². The summed E-state index contributed by atoms with van der Waals surface area (Å²) in [5.41, 5.74) is 1.45. The summed E-state index contributed by atoms with van der Waals surface area (Å²) in [7, 11) is 0. The lowest BCUT2D eigenvalue weighted by Gasteiger charge is -2.31. The Hall–Kier alpha value is -2.63. The van der Waals surface area contributed by atoms with E-state index in [1.54, 1.807) is 17.2 Å². The molecule has 1 aromatic carbocycles. The predicted octanol–water partition coefficient (Wildman–Crippen LogP) is 3.68. The van der Waals surface area contributed by atoms with Crippen molar-refractivity contribution in [3.05, 3.63) is 60.2 Å². The number of nitrogens with zero attached hydrogens (tertiary/aromatic N) is 2. The molecule has 5 nitrogen and oxygen atoms in total. The van der Waals surface area contributed by atoms with Gasteiger partial charge in [0.15, 0.2) is 5.82 Å². The van der Waals surface area contributed by atoms with Gasteiger partial charge in [0.05, 0.1) is 11.9 Å². The van der Waals surface area contributed by atoms with Crippen molar-refractivity contribution >= 4 is 11.8 Å². The third kappa shape index (κ3) is 4.92. The normalized spacial score (nSPS) is 15.0. The van der Waals surface area contributed by atoms with E-state index in [1.807, 2.05) is 30.3 Å². The van der Waals surface area contributed by atoms with Crippen molar-refractivity contribution in [2.45, 2.75) is 19.4 Å². The first-order valence-corrected chi connectivity index (χ1v) is 8.51. The molecule has 1 fully saturated rings.